The Morgan fingerprint density at radius 2 is 1.95 bits per heavy atom. The molecule has 1 unspecified atom stereocenters. The molecule has 114 valence electrons. The maximum Gasteiger partial charge on any atom is 0.323 e. The van der Waals surface area contributed by atoms with E-state index in [9.17, 15) is 9.36 Å². The van der Waals surface area contributed by atoms with Gasteiger partial charge in [0.25, 0.3) is 0 Å². The van der Waals surface area contributed by atoms with Crippen molar-refractivity contribution < 1.29 is 24.1 Å². The van der Waals surface area contributed by atoms with E-state index in [2.05, 4.69) is 4.52 Å². The summed E-state index contributed by atoms with van der Waals surface area (Å²) < 4.78 is 14.9. The first kappa shape index (κ1) is 18.9. The lowest BCUT2D eigenvalue weighted by Gasteiger charge is -2.05. The largest absolute Gasteiger partial charge is 0.508 e. The minimum absolute atomic E-state index is 0.160. The highest BCUT2D eigenvalue weighted by molar-refractivity contribution is 8.55. The number of rotatable bonds is 5. The average molecular weight is 322 g/mol. The Morgan fingerprint density at radius 1 is 1.45 bits per heavy atom. The number of phenolic OH excluding ortho intramolecular Hbond substituents is 1. The van der Waals surface area contributed by atoms with Crippen LogP contribution in [0.15, 0.2) is 24.3 Å². The summed E-state index contributed by atoms with van der Waals surface area (Å²) in [7, 11) is 1.33. The Balaban J connectivity index is 0.000000441. The summed E-state index contributed by atoms with van der Waals surface area (Å²) in [6.07, 6.45) is 1.92. The number of benzene rings is 1. The van der Waals surface area contributed by atoms with E-state index in [0.717, 1.165) is 16.9 Å². The van der Waals surface area contributed by atoms with Crippen LogP contribution in [0, 0.1) is 0 Å². The molecule has 0 saturated carbocycles. The minimum atomic E-state index is -2.74. The first-order chi connectivity index (χ1) is 9.21. The third-order valence-electron chi connectivity index (χ3n) is 2.22. The monoisotopic (exact) mass is 322 g/mol. The van der Waals surface area contributed by atoms with Crippen LogP contribution in [0.5, 0.6) is 5.75 Å². The first-order valence-electron chi connectivity index (χ1n) is 5.48. The maximum absolute atomic E-state index is 10.5. The maximum atomic E-state index is 10.5. The number of phenols is 1. The van der Waals surface area contributed by atoms with Gasteiger partial charge in [-0.3, -0.25) is 14.9 Å². The summed E-state index contributed by atoms with van der Waals surface area (Å²) >= 11 is 1.04. The number of carboxylic acid groups (broad SMARTS) is 1. The molecule has 0 aliphatic rings. The second-order valence-corrected chi connectivity index (χ2v) is 8.15. The van der Waals surface area contributed by atoms with E-state index in [4.69, 9.17) is 21.5 Å². The number of carbonyl (C=O) groups is 1. The smallest absolute Gasteiger partial charge is 0.323 e. The normalized spacial score (nSPS) is 14.6. The predicted molar refractivity (Wildman–Crippen MR) is 79.7 cm³/mol. The summed E-state index contributed by atoms with van der Waals surface area (Å²) in [6, 6.07) is 5.42. The van der Waals surface area contributed by atoms with E-state index in [1.54, 1.807) is 18.4 Å². The van der Waals surface area contributed by atoms with Gasteiger partial charge in [-0.25, -0.2) is 0 Å². The molecule has 0 saturated heterocycles. The van der Waals surface area contributed by atoms with E-state index in [-0.39, 0.29) is 12.2 Å². The van der Waals surface area contributed by atoms with Crippen LogP contribution >= 0.6 is 18.1 Å². The number of aromatic hydroxyl groups is 1. The van der Waals surface area contributed by atoms with Gasteiger partial charge in [-0.05, 0) is 30.4 Å². The second-order valence-electron chi connectivity index (χ2n) is 3.72. The molecule has 0 aromatic heterocycles. The second kappa shape index (κ2) is 8.99. The summed E-state index contributed by atoms with van der Waals surface area (Å²) in [5.41, 5.74) is 11.1. The van der Waals surface area contributed by atoms with Crippen molar-refractivity contribution in [3.63, 3.8) is 0 Å². The molecule has 0 fully saturated rings. The average Bonchev–Trinajstić information content (AvgIpc) is 2.42. The van der Waals surface area contributed by atoms with E-state index in [0.29, 0.717) is 0 Å². The zero-order valence-corrected chi connectivity index (χ0v) is 12.9. The minimum Gasteiger partial charge on any atom is -0.508 e. The predicted octanol–water partition coefficient (Wildman–Crippen LogP) is 1.41. The fraction of sp³-hybridized carbons (Fsp3) is 0.364. The van der Waals surface area contributed by atoms with Crippen LogP contribution in [0.2, 0.25) is 0 Å². The van der Waals surface area contributed by atoms with Crippen LogP contribution in [0.3, 0.4) is 0 Å². The van der Waals surface area contributed by atoms with Gasteiger partial charge in [0.2, 0.25) is 0 Å². The summed E-state index contributed by atoms with van der Waals surface area (Å²) in [6.45, 7) is -2.74. The number of carboxylic acids is 1. The summed E-state index contributed by atoms with van der Waals surface area (Å²) in [5.74, 6) is -0.860. The van der Waals surface area contributed by atoms with Crippen LogP contribution in [0.4, 0.5) is 0 Å². The fourth-order valence-electron chi connectivity index (χ4n) is 1.05. The Kier molecular flexibility index (Phi) is 8.52. The summed E-state index contributed by atoms with van der Waals surface area (Å²) in [4.78, 5) is 10.4. The highest BCUT2D eigenvalue weighted by atomic mass is 32.7. The standard InChI is InChI=1S/C9H11NO3.C2H8NO2PS/c10-8(9(12)13)5-6-1-3-7(11)4-2-6;1-5-6(3,4)7-2/h1-4,8,11H,5,10H2,(H,12,13);1-2H3,(H2,3,4)/t8-;/m0./s1. The van der Waals surface area contributed by atoms with Crippen LogP contribution in [-0.4, -0.2) is 35.6 Å². The lowest BCUT2D eigenvalue weighted by molar-refractivity contribution is -0.138. The number of hydrogen-bond donors (Lipinski definition) is 4. The molecular formula is C11H19N2O5PS. The van der Waals surface area contributed by atoms with Gasteiger partial charge in [-0.1, -0.05) is 23.5 Å². The third kappa shape index (κ3) is 8.19. The molecular weight excluding hydrogens is 303 g/mol. The van der Waals surface area contributed by atoms with E-state index in [1.807, 2.05) is 0 Å². The molecule has 1 rings (SSSR count). The molecule has 1 aromatic rings. The molecule has 0 aliphatic heterocycles. The van der Waals surface area contributed by atoms with Crippen molar-refractivity contribution in [3.05, 3.63) is 29.8 Å². The van der Waals surface area contributed by atoms with Crippen molar-refractivity contribution >= 4 is 24.1 Å². The first-order valence-corrected chi connectivity index (χ1v) is 9.00. The third-order valence-corrected chi connectivity index (χ3v) is 5.21. The van der Waals surface area contributed by atoms with Gasteiger partial charge in [0.15, 0.2) is 0 Å². The van der Waals surface area contributed by atoms with Crippen LogP contribution < -0.4 is 11.2 Å². The Morgan fingerprint density at radius 3 is 2.25 bits per heavy atom. The van der Waals surface area contributed by atoms with Gasteiger partial charge >= 0.3 is 12.7 Å². The Hall–Kier alpha value is -1.05. The molecule has 0 radical (unpaired) electrons. The van der Waals surface area contributed by atoms with Gasteiger partial charge in [0.1, 0.15) is 11.8 Å². The quantitative estimate of drug-likeness (QED) is 0.597. The van der Waals surface area contributed by atoms with Crippen molar-refractivity contribution in [2.75, 3.05) is 13.4 Å². The van der Waals surface area contributed by atoms with Crippen molar-refractivity contribution in [1.29, 1.82) is 0 Å². The van der Waals surface area contributed by atoms with Crippen molar-refractivity contribution in [2.24, 2.45) is 11.2 Å². The molecule has 0 bridgehead atoms. The highest BCUT2D eigenvalue weighted by Crippen LogP contribution is 2.48. The van der Waals surface area contributed by atoms with Crippen LogP contribution in [-0.2, 0) is 20.3 Å². The van der Waals surface area contributed by atoms with Gasteiger partial charge in [-0.15, -0.1) is 0 Å². The van der Waals surface area contributed by atoms with Crippen LogP contribution in [0.1, 0.15) is 5.56 Å². The lowest BCUT2D eigenvalue weighted by atomic mass is 10.1. The van der Waals surface area contributed by atoms with E-state index >= 15 is 0 Å². The SMILES string of the molecule is COP(N)(=O)SC.N[C@@H](Cc1ccc(O)cc1)C(=O)O. The van der Waals surface area contributed by atoms with Gasteiger partial charge in [0, 0.05) is 7.11 Å². The number of aliphatic carboxylic acids is 1. The molecule has 1 aromatic carbocycles. The summed E-state index contributed by atoms with van der Waals surface area (Å²) in [5, 5.41) is 17.5. The molecule has 6 N–H and O–H groups in total. The highest BCUT2D eigenvalue weighted by Gasteiger charge is 2.11. The molecule has 2 atom stereocenters. The molecule has 0 spiro atoms. The van der Waals surface area contributed by atoms with Crippen molar-refractivity contribution in [3.8, 4) is 5.75 Å². The molecule has 20 heavy (non-hydrogen) atoms. The van der Waals surface area contributed by atoms with Gasteiger partial charge in [-0.2, -0.15) is 0 Å². The molecule has 7 nitrogen and oxygen atoms in total. The molecule has 0 amide bonds. The molecule has 0 heterocycles. The topological polar surface area (TPSA) is 136 Å². The molecule has 9 heteroatoms. The van der Waals surface area contributed by atoms with E-state index < -0.39 is 18.7 Å². The fourth-order valence-corrected chi connectivity index (χ4v) is 1.64. The Bertz CT molecular complexity index is 460. The van der Waals surface area contributed by atoms with Crippen LogP contribution in [0.25, 0.3) is 0 Å². The van der Waals surface area contributed by atoms with Gasteiger partial charge in [0.05, 0.1) is 0 Å². The van der Waals surface area contributed by atoms with Gasteiger partial charge < -0.3 is 20.5 Å². The van der Waals surface area contributed by atoms with Crippen molar-refractivity contribution in [2.45, 2.75) is 12.5 Å². The Labute approximate surface area is 121 Å². The van der Waals surface area contributed by atoms with Crippen molar-refractivity contribution in [1.82, 2.24) is 0 Å². The number of nitrogens with two attached hydrogens (primary N) is 2. The number of hydrogen-bond acceptors (Lipinski definition) is 6. The zero-order valence-electron chi connectivity index (χ0n) is 11.2. The zero-order chi connectivity index (χ0) is 15.8. The lowest BCUT2D eigenvalue weighted by Crippen LogP contribution is -2.32. The van der Waals surface area contributed by atoms with E-state index in [1.165, 1.54) is 19.2 Å². The molecule has 0 aliphatic carbocycles.